The number of amides is 1. The van der Waals surface area contributed by atoms with Crippen molar-refractivity contribution < 1.29 is 14.6 Å². The van der Waals surface area contributed by atoms with E-state index in [1.807, 2.05) is 12.1 Å². The first-order chi connectivity index (χ1) is 10.6. The molecule has 0 fully saturated rings. The van der Waals surface area contributed by atoms with Crippen LogP contribution in [0.4, 0.5) is 0 Å². The minimum absolute atomic E-state index is 0.0680. The third-order valence-corrected chi connectivity index (χ3v) is 3.22. The van der Waals surface area contributed by atoms with E-state index in [0.717, 1.165) is 11.1 Å². The Kier molecular flexibility index (Phi) is 5.44. The van der Waals surface area contributed by atoms with Gasteiger partial charge in [0.15, 0.2) is 11.5 Å². The highest BCUT2D eigenvalue weighted by atomic mass is 35.5. The van der Waals surface area contributed by atoms with Crippen LogP contribution in [0, 0.1) is 0 Å². The summed E-state index contributed by atoms with van der Waals surface area (Å²) < 4.78 is 5.02. The number of hydrogen-bond donors (Lipinski definition) is 2. The molecule has 0 aliphatic rings. The molecule has 2 N–H and O–H groups in total. The maximum absolute atomic E-state index is 11.8. The topological polar surface area (TPSA) is 58.6 Å². The summed E-state index contributed by atoms with van der Waals surface area (Å²) >= 11 is 5.88. The highest BCUT2D eigenvalue weighted by Crippen LogP contribution is 2.26. The smallest absolute Gasteiger partial charge is 0.244 e. The number of phenolic OH excluding ortho intramolecular Hbond substituents is 1. The van der Waals surface area contributed by atoms with E-state index in [0.29, 0.717) is 17.3 Å². The van der Waals surface area contributed by atoms with Crippen molar-refractivity contribution in [1.29, 1.82) is 0 Å². The van der Waals surface area contributed by atoms with E-state index in [-0.39, 0.29) is 11.7 Å². The Labute approximate surface area is 134 Å². The Morgan fingerprint density at radius 1 is 1.32 bits per heavy atom. The van der Waals surface area contributed by atoms with Gasteiger partial charge in [-0.3, -0.25) is 4.79 Å². The molecule has 0 aliphatic carbocycles. The van der Waals surface area contributed by atoms with Crippen LogP contribution >= 0.6 is 11.6 Å². The summed E-state index contributed by atoms with van der Waals surface area (Å²) in [5.74, 6) is 0.228. The average molecular weight is 318 g/mol. The van der Waals surface area contributed by atoms with Gasteiger partial charge in [0.1, 0.15) is 0 Å². The fraction of sp³-hybridized carbons (Fsp3) is 0.118. The molecule has 0 radical (unpaired) electrons. The SMILES string of the molecule is COc1cc(CNC(=O)/C=C/c2cccc(Cl)c2)ccc1O. The lowest BCUT2D eigenvalue weighted by Crippen LogP contribution is -2.20. The molecule has 114 valence electrons. The van der Waals surface area contributed by atoms with E-state index < -0.39 is 0 Å². The molecule has 4 nitrogen and oxygen atoms in total. The quantitative estimate of drug-likeness (QED) is 0.831. The van der Waals surface area contributed by atoms with Gasteiger partial charge in [0.25, 0.3) is 0 Å². The van der Waals surface area contributed by atoms with Gasteiger partial charge in [0, 0.05) is 17.6 Å². The lowest BCUT2D eigenvalue weighted by molar-refractivity contribution is -0.116. The summed E-state index contributed by atoms with van der Waals surface area (Å²) in [4.78, 5) is 11.8. The average Bonchev–Trinajstić information content (AvgIpc) is 2.52. The number of phenols is 1. The van der Waals surface area contributed by atoms with Crippen LogP contribution in [-0.2, 0) is 11.3 Å². The fourth-order valence-electron chi connectivity index (χ4n) is 1.86. The Hall–Kier alpha value is -2.46. The molecule has 0 aromatic heterocycles. The Morgan fingerprint density at radius 3 is 2.86 bits per heavy atom. The van der Waals surface area contributed by atoms with E-state index in [1.165, 1.54) is 19.3 Å². The second-order valence-corrected chi connectivity index (χ2v) is 5.05. The Morgan fingerprint density at radius 2 is 2.14 bits per heavy atom. The molecule has 0 atom stereocenters. The Bertz CT molecular complexity index is 698. The molecular weight excluding hydrogens is 302 g/mol. The van der Waals surface area contributed by atoms with Crippen LogP contribution in [0.2, 0.25) is 5.02 Å². The van der Waals surface area contributed by atoms with Crippen molar-refractivity contribution >= 4 is 23.6 Å². The summed E-state index contributed by atoms with van der Waals surface area (Å²) in [5, 5.41) is 12.9. The molecule has 0 heterocycles. The molecule has 5 heteroatoms. The first-order valence-electron chi connectivity index (χ1n) is 6.66. The zero-order valence-corrected chi connectivity index (χ0v) is 12.8. The first-order valence-corrected chi connectivity index (χ1v) is 7.03. The number of methoxy groups -OCH3 is 1. The lowest BCUT2D eigenvalue weighted by atomic mass is 10.2. The largest absolute Gasteiger partial charge is 0.504 e. The normalized spacial score (nSPS) is 10.6. The van der Waals surface area contributed by atoms with Crippen LogP contribution < -0.4 is 10.1 Å². The van der Waals surface area contributed by atoms with Crippen molar-refractivity contribution in [2.75, 3.05) is 7.11 Å². The molecule has 2 aromatic carbocycles. The predicted octanol–water partition coefficient (Wildman–Crippen LogP) is 3.38. The second-order valence-electron chi connectivity index (χ2n) is 4.61. The van der Waals surface area contributed by atoms with Crippen molar-refractivity contribution in [2.45, 2.75) is 6.54 Å². The molecule has 2 aromatic rings. The van der Waals surface area contributed by atoms with Crippen LogP contribution in [0.3, 0.4) is 0 Å². The Balaban J connectivity index is 1.93. The van der Waals surface area contributed by atoms with Crippen molar-refractivity contribution in [3.63, 3.8) is 0 Å². The third kappa shape index (κ3) is 4.53. The molecule has 0 saturated carbocycles. The van der Waals surface area contributed by atoms with E-state index in [1.54, 1.807) is 30.3 Å². The standard InChI is InChI=1S/C17H16ClNO3/c1-22-16-10-13(5-7-15(16)20)11-19-17(21)8-6-12-3-2-4-14(18)9-12/h2-10,20H,11H2,1H3,(H,19,21)/b8-6+. The van der Waals surface area contributed by atoms with E-state index in [4.69, 9.17) is 16.3 Å². The molecule has 1 amide bonds. The van der Waals surface area contributed by atoms with Gasteiger partial charge in [0.05, 0.1) is 7.11 Å². The molecule has 0 saturated heterocycles. The maximum Gasteiger partial charge on any atom is 0.244 e. The summed E-state index contributed by atoms with van der Waals surface area (Å²) in [6.45, 7) is 0.343. The molecule has 0 unspecified atom stereocenters. The van der Waals surface area contributed by atoms with Gasteiger partial charge in [-0.05, 0) is 41.5 Å². The monoisotopic (exact) mass is 317 g/mol. The zero-order chi connectivity index (χ0) is 15.9. The van der Waals surface area contributed by atoms with Gasteiger partial charge in [-0.2, -0.15) is 0 Å². The third-order valence-electron chi connectivity index (χ3n) is 2.99. The number of nitrogens with one attached hydrogen (secondary N) is 1. The molecule has 2 rings (SSSR count). The highest BCUT2D eigenvalue weighted by Gasteiger charge is 2.03. The summed E-state index contributed by atoms with van der Waals surface area (Å²) in [6, 6.07) is 12.2. The van der Waals surface area contributed by atoms with Crippen molar-refractivity contribution in [3.8, 4) is 11.5 Å². The van der Waals surface area contributed by atoms with Crippen LogP contribution in [-0.4, -0.2) is 18.1 Å². The van der Waals surface area contributed by atoms with E-state index >= 15 is 0 Å². The summed E-state index contributed by atoms with van der Waals surface area (Å²) in [6.07, 6.45) is 3.14. The molecule has 0 spiro atoms. The van der Waals surface area contributed by atoms with Crippen LogP contribution in [0.15, 0.2) is 48.5 Å². The fourth-order valence-corrected chi connectivity index (χ4v) is 2.06. The number of benzene rings is 2. The maximum atomic E-state index is 11.8. The molecule has 0 bridgehead atoms. The van der Waals surface area contributed by atoms with Gasteiger partial charge >= 0.3 is 0 Å². The van der Waals surface area contributed by atoms with Gasteiger partial charge in [0.2, 0.25) is 5.91 Å². The number of carbonyl (C=O) groups excluding carboxylic acids is 1. The number of aromatic hydroxyl groups is 1. The molecule has 0 aliphatic heterocycles. The van der Waals surface area contributed by atoms with Crippen LogP contribution in [0.5, 0.6) is 11.5 Å². The van der Waals surface area contributed by atoms with Crippen LogP contribution in [0.1, 0.15) is 11.1 Å². The lowest BCUT2D eigenvalue weighted by Gasteiger charge is -2.07. The van der Waals surface area contributed by atoms with Crippen LogP contribution in [0.25, 0.3) is 6.08 Å². The second kappa shape index (κ2) is 7.52. The summed E-state index contributed by atoms with van der Waals surface area (Å²) in [7, 11) is 1.48. The van der Waals surface area contributed by atoms with Crippen molar-refractivity contribution in [1.82, 2.24) is 5.32 Å². The molecular formula is C17H16ClNO3. The van der Waals surface area contributed by atoms with Gasteiger partial charge < -0.3 is 15.2 Å². The number of hydrogen-bond acceptors (Lipinski definition) is 3. The predicted molar refractivity (Wildman–Crippen MR) is 87.0 cm³/mol. The van der Waals surface area contributed by atoms with Gasteiger partial charge in [-0.1, -0.05) is 29.8 Å². The number of rotatable bonds is 5. The molecule has 22 heavy (non-hydrogen) atoms. The zero-order valence-electron chi connectivity index (χ0n) is 12.0. The van der Waals surface area contributed by atoms with Gasteiger partial charge in [-0.25, -0.2) is 0 Å². The van der Waals surface area contributed by atoms with Crippen molar-refractivity contribution in [2.24, 2.45) is 0 Å². The first kappa shape index (κ1) is 15.9. The minimum Gasteiger partial charge on any atom is -0.504 e. The summed E-state index contributed by atoms with van der Waals surface area (Å²) in [5.41, 5.74) is 1.69. The minimum atomic E-state index is -0.216. The number of halogens is 1. The van der Waals surface area contributed by atoms with E-state index in [2.05, 4.69) is 5.32 Å². The van der Waals surface area contributed by atoms with Crippen molar-refractivity contribution in [3.05, 3.63) is 64.7 Å². The number of carbonyl (C=O) groups is 1. The highest BCUT2D eigenvalue weighted by molar-refractivity contribution is 6.30. The van der Waals surface area contributed by atoms with Gasteiger partial charge in [-0.15, -0.1) is 0 Å². The number of ether oxygens (including phenoxy) is 1. The van der Waals surface area contributed by atoms with E-state index in [9.17, 15) is 9.90 Å².